The molecule has 2 aromatic heterocycles. The molecule has 0 bridgehead atoms. The molecule has 0 fully saturated rings. The van der Waals surface area contributed by atoms with Crippen molar-refractivity contribution in [1.29, 1.82) is 0 Å². The first kappa shape index (κ1) is 16.7. The predicted octanol–water partition coefficient (Wildman–Crippen LogP) is 5.95. The van der Waals surface area contributed by atoms with Crippen molar-refractivity contribution >= 4 is 37.7 Å². The first-order valence-electron chi connectivity index (χ1n) is 9.01. The maximum atomic E-state index is 6.14. The quantitative estimate of drug-likeness (QED) is 0.392. The molecule has 3 aromatic carbocycles. The fourth-order valence-corrected chi connectivity index (χ4v) is 3.96. The Kier molecular flexibility index (Phi) is 4.14. The number of nitrogens with zero attached hydrogens (tertiary/aromatic N) is 2. The highest BCUT2D eigenvalue weighted by molar-refractivity contribution is 7.22. The van der Waals surface area contributed by atoms with Gasteiger partial charge in [0.15, 0.2) is 0 Å². The molecule has 0 saturated heterocycles. The SMILES string of the molecule is Cc1ccc2oc(-c3ccccc3)c/c(=N\Nc3nc4ccccc4s3)c2c1. The Morgan fingerprint density at radius 2 is 1.75 bits per heavy atom. The van der Waals surface area contributed by atoms with Crippen LogP contribution in [0.15, 0.2) is 88.4 Å². The zero-order valence-corrected chi connectivity index (χ0v) is 16.0. The topological polar surface area (TPSA) is 50.4 Å². The minimum absolute atomic E-state index is 0.768. The smallest absolute Gasteiger partial charge is 0.204 e. The van der Waals surface area contributed by atoms with E-state index in [0.29, 0.717) is 0 Å². The molecule has 0 unspecified atom stereocenters. The van der Waals surface area contributed by atoms with Crippen LogP contribution in [0, 0.1) is 6.92 Å². The molecule has 0 spiro atoms. The molecule has 5 rings (SSSR count). The van der Waals surface area contributed by atoms with Gasteiger partial charge in [0.25, 0.3) is 0 Å². The summed E-state index contributed by atoms with van der Waals surface area (Å²) in [5.74, 6) is 0.779. The van der Waals surface area contributed by atoms with Gasteiger partial charge in [-0.2, -0.15) is 5.10 Å². The van der Waals surface area contributed by atoms with Crippen LogP contribution in [0.4, 0.5) is 5.13 Å². The van der Waals surface area contributed by atoms with Gasteiger partial charge in [-0.15, -0.1) is 0 Å². The summed E-state index contributed by atoms with van der Waals surface area (Å²) < 4.78 is 7.28. The molecule has 0 aliphatic rings. The Hall–Kier alpha value is -3.44. The fourth-order valence-electron chi connectivity index (χ4n) is 3.15. The molecule has 28 heavy (non-hydrogen) atoms. The van der Waals surface area contributed by atoms with Gasteiger partial charge in [-0.05, 0) is 31.2 Å². The van der Waals surface area contributed by atoms with Gasteiger partial charge in [-0.3, -0.25) is 5.43 Å². The zero-order chi connectivity index (χ0) is 18.9. The third-order valence-electron chi connectivity index (χ3n) is 4.52. The van der Waals surface area contributed by atoms with Gasteiger partial charge in [0.1, 0.15) is 11.3 Å². The van der Waals surface area contributed by atoms with Crippen LogP contribution in [0.2, 0.25) is 0 Å². The molecule has 0 radical (unpaired) electrons. The van der Waals surface area contributed by atoms with E-state index in [1.807, 2.05) is 66.7 Å². The average molecular weight is 383 g/mol. The molecule has 0 saturated carbocycles. The van der Waals surface area contributed by atoms with Crippen LogP contribution in [-0.2, 0) is 0 Å². The molecular weight excluding hydrogens is 366 g/mol. The van der Waals surface area contributed by atoms with Crippen LogP contribution in [0.5, 0.6) is 0 Å². The van der Waals surface area contributed by atoms with E-state index in [9.17, 15) is 0 Å². The van der Waals surface area contributed by atoms with Gasteiger partial charge >= 0.3 is 0 Å². The summed E-state index contributed by atoms with van der Waals surface area (Å²) in [5.41, 5.74) is 7.08. The van der Waals surface area contributed by atoms with Crippen LogP contribution in [0.3, 0.4) is 0 Å². The van der Waals surface area contributed by atoms with Gasteiger partial charge in [-0.25, -0.2) is 4.98 Å². The monoisotopic (exact) mass is 383 g/mol. The molecule has 1 N–H and O–H groups in total. The summed E-state index contributed by atoms with van der Waals surface area (Å²) in [5, 5.41) is 7.22. The minimum Gasteiger partial charge on any atom is -0.456 e. The van der Waals surface area contributed by atoms with E-state index < -0.39 is 0 Å². The second-order valence-electron chi connectivity index (χ2n) is 6.57. The van der Waals surface area contributed by atoms with Crippen molar-refractivity contribution in [3.05, 3.63) is 89.8 Å². The van der Waals surface area contributed by atoms with Crippen molar-refractivity contribution in [3.63, 3.8) is 0 Å². The van der Waals surface area contributed by atoms with Crippen LogP contribution in [-0.4, -0.2) is 4.98 Å². The van der Waals surface area contributed by atoms with E-state index in [2.05, 4.69) is 34.6 Å². The van der Waals surface area contributed by atoms with E-state index in [4.69, 9.17) is 4.42 Å². The second-order valence-corrected chi connectivity index (χ2v) is 7.60. The molecule has 0 aliphatic carbocycles. The third-order valence-corrected chi connectivity index (χ3v) is 5.46. The summed E-state index contributed by atoms with van der Waals surface area (Å²) in [6.45, 7) is 2.06. The molecule has 0 amide bonds. The second kappa shape index (κ2) is 6.94. The first-order chi connectivity index (χ1) is 13.8. The van der Waals surface area contributed by atoms with Gasteiger partial charge in [0, 0.05) is 17.0 Å². The van der Waals surface area contributed by atoms with E-state index in [1.165, 1.54) is 0 Å². The molecule has 0 aliphatic heterocycles. The standard InChI is InChI=1S/C23H17N3OS/c1-15-11-12-20-17(13-15)19(14-21(27-20)16-7-3-2-4-8-16)25-26-23-24-18-9-5-6-10-22(18)28-23/h2-14H,1H3,(H,24,26)/b25-19+. The highest BCUT2D eigenvalue weighted by Gasteiger charge is 2.07. The number of hydrogen-bond acceptors (Lipinski definition) is 5. The summed E-state index contributed by atoms with van der Waals surface area (Å²) >= 11 is 1.59. The maximum absolute atomic E-state index is 6.14. The van der Waals surface area contributed by atoms with Crippen LogP contribution in [0.1, 0.15) is 5.56 Å². The molecule has 0 atom stereocenters. The molecule has 2 heterocycles. The molecule has 136 valence electrons. The van der Waals surface area contributed by atoms with E-state index in [-0.39, 0.29) is 0 Å². The number of thiazole rings is 1. The predicted molar refractivity (Wildman–Crippen MR) is 115 cm³/mol. The summed E-state index contributed by atoms with van der Waals surface area (Å²) in [7, 11) is 0. The number of hydrogen-bond donors (Lipinski definition) is 1. The average Bonchev–Trinajstić information content (AvgIpc) is 3.15. The summed E-state index contributed by atoms with van der Waals surface area (Å²) in [6.07, 6.45) is 0. The highest BCUT2D eigenvalue weighted by atomic mass is 32.1. The van der Waals surface area contributed by atoms with Crippen LogP contribution < -0.4 is 10.8 Å². The van der Waals surface area contributed by atoms with Crippen molar-refractivity contribution in [2.24, 2.45) is 5.10 Å². The fraction of sp³-hybridized carbons (Fsp3) is 0.0435. The normalized spacial score (nSPS) is 12.0. The number of benzene rings is 3. The first-order valence-corrected chi connectivity index (χ1v) is 9.83. The van der Waals surface area contributed by atoms with Gasteiger partial charge < -0.3 is 4.42 Å². The number of para-hydroxylation sites is 1. The Bertz CT molecular complexity index is 1320. The minimum atomic E-state index is 0.768. The lowest BCUT2D eigenvalue weighted by Crippen LogP contribution is -2.07. The Morgan fingerprint density at radius 3 is 2.61 bits per heavy atom. The highest BCUT2D eigenvalue weighted by Crippen LogP contribution is 2.26. The van der Waals surface area contributed by atoms with Crippen molar-refractivity contribution in [1.82, 2.24) is 4.98 Å². The number of rotatable bonds is 3. The van der Waals surface area contributed by atoms with E-state index in [1.54, 1.807) is 11.3 Å². The number of aryl methyl sites for hydroxylation is 1. The van der Waals surface area contributed by atoms with Crippen LogP contribution >= 0.6 is 11.3 Å². The molecular formula is C23H17N3OS. The van der Waals surface area contributed by atoms with E-state index >= 15 is 0 Å². The molecule has 5 aromatic rings. The Morgan fingerprint density at radius 1 is 0.929 bits per heavy atom. The Balaban J connectivity index is 1.65. The summed E-state index contributed by atoms with van der Waals surface area (Å²) in [4.78, 5) is 4.60. The summed E-state index contributed by atoms with van der Waals surface area (Å²) in [6, 6.07) is 26.2. The van der Waals surface area contributed by atoms with Crippen LogP contribution in [0.25, 0.3) is 32.5 Å². The molecule has 4 nitrogen and oxygen atoms in total. The molecule has 5 heteroatoms. The van der Waals surface area contributed by atoms with Gasteiger partial charge in [0.05, 0.1) is 15.6 Å². The number of aromatic nitrogens is 1. The largest absolute Gasteiger partial charge is 0.456 e. The lowest BCUT2D eigenvalue weighted by Gasteiger charge is -2.06. The maximum Gasteiger partial charge on any atom is 0.204 e. The van der Waals surface area contributed by atoms with Gasteiger partial charge in [-0.1, -0.05) is 65.4 Å². The third kappa shape index (κ3) is 3.17. The number of anilines is 1. The van der Waals surface area contributed by atoms with Crippen molar-refractivity contribution < 1.29 is 4.42 Å². The van der Waals surface area contributed by atoms with Gasteiger partial charge in [0.2, 0.25) is 5.13 Å². The van der Waals surface area contributed by atoms with E-state index in [0.717, 1.165) is 48.6 Å². The Labute approximate surface area is 165 Å². The van der Waals surface area contributed by atoms with Crippen molar-refractivity contribution in [2.75, 3.05) is 5.43 Å². The lowest BCUT2D eigenvalue weighted by molar-refractivity contribution is 0.618. The number of fused-ring (bicyclic) bond motifs is 2. The number of nitrogens with one attached hydrogen (secondary N) is 1. The van der Waals surface area contributed by atoms with Crippen molar-refractivity contribution in [2.45, 2.75) is 6.92 Å². The van der Waals surface area contributed by atoms with Crippen molar-refractivity contribution in [3.8, 4) is 11.3 Å². The lowest BCUT2D eigenvalue weighted by atomic mass is 10.1. The zero-order valence-electron chi connectivity index (χ0n) is 15.2.